The quantitative estimate of drug-likeness (QED) is 0.368. The maximum Gasteiger partial charge on any atom is 0.247 e. The third kappa shape index (κ3) is 5.79. The molecule has 10 heteroatoms. The number of hydrogen-bond donors (Lipinski definition) is 1. The Kier molecular flexibility index (Phi) is 7.16. The number of aryl methyl sites for hydroxylation is 2. The number of aromatic nitrogens is 4. The molecule has 3 aromatic heterocycles. The molecule has 10 nitrogen and oxygen atoms in total. The molecule has 1 saturated carbocycles. The van der Waals surface area contributed by atoms with Gasteiger partial charge in [-0.05, 0) is 61.7 Å². The molecular formula is C27H30N6O4. The Labute approximate surface area is 214 Å². The Morgan fingerprint density at radius 3 is 2.57 bits per heavy atom. The molecule has 0 radical (unpaired) electrons. The first-order valence-electron chi connectivity index (χ1n) is 12.5. The standard InChI is InChI=1S/C27H30N6O4/c1-18-9-12-20(13-10-18)25(27(35)28-21-6-3-4-7-21)32(16-22-8-5-15-36-22)24(34)17-33-30-26(29-31-33)23-14-11-19(2)37-23/h5,8-15,21,25H,3-4,6-7,16-17H2,1-2H3,(H,28,35)/t25-/m1/s1. The molecule has 1 fully saturated rings. The smallest absolute Gasteiger partial charge is 0.247 e. The van der Waals surface area contributed by atoms with Crippen LogP contribution < -0.4 is 5.32 Å². The molecule has 0 bridgehead atoms. The molecule has 0 spiro atoms. The van der Waals surface area contributed by atoms with Crippen molar-refractivity contribution in [3.8, 4) is 11.6 Å². The van der Waals surface area contributed by atoms with Gasteiger partial charge in [-0.3, -0.25) is 9.59 Å². The highest BCUT2D eigenvalue weighted by Crippen LogP contribution is 2.27. The second-order valence-corrected chi connectivity index (χ2v) is 9.46. The van der Waals surface area contributed by atoms with E-state index < -0.39 is 6.04 Å². The number of carbonyl (C=O) groups excluding carboxylic acids is 2. The minimum atomic E-state index is -0.852. The normalized spacial score (nSPS) is 14.5. The number of furan rings is 2. The molecule has 2 amide bonds. The van der Waals surface area contributed by atoms with Crippen LogP contribution in [0.2, 0.25) is 0 Å². The SMILES string of the molecule is Cc1ccc([C@H](C(=O)NC2CCCC2)N(Cc2ccco2)C(=O)Cn2nnc(-c3ccc(C)o3)n2)cc1. The lowest BCUT2D eigenvalue weighted by atomic mass is 10.0. The minimum Gasteiger partial charge on any atom is -0.467 e. The monoisotopic (exact) mass is 502 g/mol. The van der Waals surface area contributed by atoms with Gasteiger partial charge < -0.3 is 19.1 Å². The number of benzene rings is 1. The van der Waals surface area contributed by atoms with Crippen LogP contribution in [0.1, 0.15) is 54.4 Å². The number of nitrogens with zero attached hydrogens (tertiary/aromatic N) is 5. The molecule has 37 heavy (non-hydrogen) atoms. The van der Waals surface area contributed by atoms with Crippen LogP contribution in [0.5, 0.6) is 0 Å². The third-order valence-corrected chi connectivity index (χ3v) is 6.57. The van der Waals surface area contributed by atoms with Gasteiger partial charge in [-0.25, -0.2) is 0 Å². The number of amides is 2. The number of carbonyl (C=O) groups is 2. The molecule has 5 rings (SSSR count). The van der Waals surface area contributed by atoms with Gasteiger partial charge in [0.25, 0.3) is 0 Å². The minimum absolute atomic E-state index is 0.109. The van der Waals surface area contributed by atoms with Gasteiger partial charge in [0.05, 0.1) is 12.8 Å². The van der Waals surface area contributed by atoms with Gasteiger partial charge in [-0.2, -0.15) is 4.80 Å². The van der Waals surface area contributed by atoms with Crippen molar-refractivity contribution in [3.05, 3.63) is 77.4 Å². The lowest BCUT2D eigenvalue weighted by Crippen LogP contribution is -2.46. The Morgan fingerprint density at radius 2 is 1.89 bits per heavy atom. The van der Waals surface area contributed by atoms with Crippen molar-refractivity contribution in [2.75, 3.05) is 0 Å². The highest BCUT2D eigenvalue weighted by atomic mass is 16.3. The summed E-state index contributed by atoms with van der Waals surface area (Å²) in [6.07, 6.45) is 5.61. The maximum atomic E-state index is 13.8. The van der Waals surface area contributed by atoms with Crippen molar-refractivity contribution in [2.45, 2.75) is 64.7 Å². The van der Waals surface area contributed by atoms with Crippen molar-refractivity contribution in [3.63, 3.8) is 0 Å². The lowest BCUT2D eigenvalue weighted by molar-refractivity contribution is -0.143. The molecule has 1 aliphatic rings. The molecule has 4 aromatic rings. The van der Waals surface area contributed by atoms with Crippen molar-refractivity contribution in [1.82, 2.24) is 30.4 Å². The van der Waals surface area contributed by atoms with Gasteiger partial charge in [0.15, 0.2) is 5.76 Å². The van der Waals surface area contributed by atoms with E-state index in [2.05, 4.69) is 20.7 Å². The van der Waals surface area contributed by atoms with Crippen LogP contribution in [0.3, 0.4) is 0 Å². The highest BCUT2D eigenvalue weighted by molar-refractivity contribution is 5.89. The fraction of sp³-hybridized carbons (Fsp3) is 0.370. The van der Waals surface area contributed by atoms with E-state index in [9.17, 15) is 9.59 Å². The second kappa shape index (κ2) is 10.8. The number of rotatable bonds is 9. The van der Waals surface area contributed by atoms with Gasteiger partial charge in [-0.15, -0.1) is 10.2 Å². The second-order valence-electron chi connectivity index (χ2n) is 9.46. The number of hydrogen-bond acceptors (Lipinski definition) is 7. The zero-order valence-electron chi connectivity index (χ0n) is 21.0. The van der Waals surface area contributed by atoms with Crippen LogP contribution in [0.4, 0.5) is 0 Å². The van der Waals surface area contributed by atoms with Crippen molar-refractivity contribution in [2.24, 2.45) is 0 Å². The summed E-state index contributed by atoms with van der Waals surface area (Å²) in [6, 6.07) is 14.0. The fourth-order valence-corrected chi connectivity index (χ4v) is 4.64. The van der Waals surface area contributed by atoms with Gasteiger partial charge >= 0.3 is 0 Å². The van der Waals surface area contributed by atoms with Crippen molar-refractivity contribution in [1.29, 1.82) is 0 Å². The van der Waals surface area contributed by atoms with Crippen LogP contribution in [-0.4, -0.2) is 43.0 Å². The van der Waals surface area contributed by atoms with Gasteiger partial charge in [0, 0.05) is 6.04 Å². The summed E-state index contributed by atoms with van der Waals surface area (Å²) in [5.74, 6) is 1.49. The van der Waals surface area contributed by atoms with Gasteiger partial charge in [0.1, 0.15) is 24.1 Å². The summed E-state index contributed by atoms with van der Waals surface area (Å²) in [5, 5.41) is 15.5. The topological polar surface area (TPSA) is 119 Å². The average molecular weight is 503 g/mol. The number of tetrazole rings is 1. The van der Waals surface area contributed by atoms with E-state index in [1.807, 2.05) is 38.1 Å². The predicted molar refractivity (Wildman–Crippen MR) is 134 cm³/mol. The Hall–Kier alpha value is -4.21. The number of nitrogens with one attached hydrogen (secondary N) is 1. The fourth-order valence-electron chi connectivity index (χ4n) is 4.64. The molecule has 0 saturated heterocycles. The molecule has 1 aromatic carbocycles. The Morgan fingerprint density at radius 1 is 1.11 bits per heavy atom. The van der Waals surface area contributed by atoms with Gasteiger partial charge in [-0.1, -0.05) is 42.7 Å². The highest BCUT2D eigenvalue weighted by Gasteiger charge is 2.34. The summed E-state index contributed by atoms with van der Waals surface area (Å²) in [5.41, 5.74) is 1.79. The van der Waals surface area contributed by atoms with Crippen LogP contribution in [0.25, 0.3) is 11.6 Å². The Balaban J connectivity index is 1.44. The maximum absolute atomic E-state index is 13.8. The summed E-state index contributed by atoms with van der Waals surface area (Å²) >= 11 is 0. The molecule has 0 unspecified atom stereocenters. The van der Waals surface area contributed by atoms with Crippen molar-refractivity contribution < 1.29 is 18.4 Å². The first-order valence-corrected chi connectivity index (χ1v) is 12.5. The van der Waals surface area contributed by atoms with Gasteiger partial charge in [0.2, 0.25) is 17.6 Å². The zero-order chi connectivity index (χ0) is 25.8. The van der Waals surface area contributed by atoms with E-state index in [1.54, 1.807) is 30.5 Å². The summed E-state index contributed by atoms with van der Waals surface area (Å²) in [6.45, 7) is 3.72. The molecule has 1 N–H and O–H groups in total. The molecule has 192 valence electrons. The molecule has 1 aliphatic carbocycles. The van der Waals surface area contributed by atoms with Crippen LogP contribution in [0.15, 0.2) is 63.6 Å². The average Bonchev–Trinajstić information content (AvgIpc) is 3.69. The summed E-state index contributed by atoms with van der Waals surface area (Å²) in [7, 11) is 0. The largest absolute Gasteiger partial charge is 0.467 e. The zero-order valence-corrected chi connectivity index (χ0v) is 21.0. The van der Waals surface area contributed by atoms with E-state index in [-0.39, 0.29) is 36.8 Å². The first-order chi connectivity index (χ1) is 18.0. The lowest BCUT2D eigenvalue weighted by Gasteiger charge is -2.31. The predicted octanol–water partition coefficient (Wildman–Crippen LogP) is 3.97. The van der Waals surface area contributed by atoms with E-state index in [4.69, 9.17) is 8.83 Å². The molecule has 3 heterocycles. The van der Waals surface area contributed by atoms with E-state index in [1.165, 1.54) is 9.70 Å². The summed E-state index contributed by atoms with van der Waals surface area (Å²) in [4.78, 5) is 30.2. The van der Waals surface area contributed by atoms with Crippen LogP contribution in [0, 0.1) is 13.8 Å². The van der Waals surface area contributed by atoms with Crippen molar-refractivity contribution >= 4 is 11.8 Å². The van der Waals surface area contributed by atoms with Crippen LogP contribution in [-0.2, 0) is 22.7 Å². The summed E-state index contributed by atoms with van der Waals surface area (Å²) < 4.78 is 11.1. The van der Waals surface area contributed by atoms with Crippen LogP contribution >= 0.6 is 0 Å². The Bertz CT molecular complexity index is 1340. The van der Waals surface area contributed by atoms with E-state index >= 15 is 0 Å². The first kappa shape index (κ1) is 24.5. The van der Waals surface area contributed by atoms with E-state index in [0.717, 1.165) is 42.6 Å². The molecule has 0 aliphatic heterocycles. The molecular weight excluding hydrogens is 472 g/mol. The molecule has 1 atom stereocenters. The van der Waals surface area contributed by atoms with E-state index in [0.29, 0.717) is 11.5 Å². The third-order valence-electron chi connectivity index (χ3n) is 6.57.